The molecule has 5 heteroatoms. The standard InChI is InChI=1S/C18H24N2O2S/c1-13(12-19-17(21)22-18(2,3)4)20-15-9-6-5-8-14(15)16-10-7-11-23-16/h5-11,13,20H,12H2,1-4H3,(H,19,21). The van der Waals surface area contributed by atoms with Crippen LogP contribution in [-0.4, -0.2) is 24.3 Å². The zero-order valence-electron chi connectivity index (χ0n) is 14.1. The molecule has 23 heavy (non-hydrogen) atoms. The largest absolute Gasteiger partial charge is 0.444 e. The Hall–Kier alpha value is -2.01. The van der Waals surface area contributed by atoms with Gasteiger partial charge in [-0.1, -0.05) is 24.3 Å². The van der Waals surface area contributed by atoms with Gasteiger partial charge in [-0.05, 0) is 45.2 Å². The molecule has 1 unspecified atom stereocenters. The number of para-hydroxylation sites is 1. The van der Waals surface area contributed by atoms with Crippen LogP contribution in [0.1, 0.15) is 27.7 Å². The molecule has 0 saturated heterocycles. The highest BCUT2D eigenvalue weighted by atomic mass is 32.1. The molecule has 0 spiro atoms. The Morgan fingerprint density at radius 2 is 1.96 bits per heavy atom. The topological polar surface area (TPSA) is 50.4 Å². The van der Waals surface area contributed by atoms with Gasteiger partial charge >= 0.3 is 6.09 Å². The molecule has 124 valence electrons. The lowest BCUT2D eigenvalue weighted by Gasteiger charge is -2.22. The Labute approximate surface area is 141 Å². The molecule has 2 rings (SSSR count). The van der Waals surface area contributed by atoms with Gasteiger partial charge in [-0.25, -0.2) is 4.79 Å². The van der Waals surface area contributed by atoms with Crippen LogP contribution in [0.3, 0.4) is 0 Å². The second kappa shape index (κ2) is 7.51. The van der Waals surface area contributed by atoms with Gasteiger partial charge in [0.1, 0.15) is 5.60 Å². The fourth-order valence-corrected chi connectivity index (χ4v) is 2.89. The summed E-state index contributed by atoms with van der Waals surface area (Å²) in [6.07, 6.45) is -0.391. The van der Waals surface area contributed by atoms with Crippen molar-refractivity contribution >= 4 is 23.1 Å². The van der Waals surface area contributed by atoms with E-state index in [2.05, 4.69) is 34.2 Å². The Balaban J connectivity index is 1.94. The van der Waals surface area contributed by atoms with Gasteiger partial charge in [-0.2, -0.15) is 0 Å². The number of benzene rings is 1. The molecule has 0 saturated carbocycles. The van der Waals surface area contributed by atoms with Crippen LogP contribution in [0.5, 0.6) is 0 Å². The van der Waals surface area contributed by atoms with E-state index in [0.717, 1.165) is 5.69 Å². The van der Waals surface area contributed by atoms with Crippen LogP contribution in [0.4, 0.5) is 10.5 Å². The quantitative estimate of drug-likeness (QED) is 0.831. The van der Waals surface area contributed by atoms with Crippen LogP contribution in [0.2, 0.25) is 0 Å². The molecule has 1 atom stereocenters. The first-order valence-corrected chi connectivity index (χ1v) is 8.59. The second-order valence-electron chi connectivity index (χ2n) is 6.45. The van der Waals surface area contributed by atoms with Crippen molar-refractivity contribution < 1.29 is 9.53 Å². The van der Waals surface area contributed by atoms with Crippen molar-refractivity contribution in [2.45, 2.75) is 39.3 Å². The van der Waals surface area contributed by atoms with Crippen LogP contribution >= 0.6 is 11.3 Å². The number of hydrogen-bond donors (Lipinski definition) is 2. The number of carbonyl (C=O) groups excluding carboxylic acids is 1. The van der Waals surface area contributed by atoms with Crippen LogP contribution in [0, 0.1) is 0 Å². The first-order chi connectivity index (χ1) is 10.8. The third-order valence-electron chi connectivity index (χ3n) is 3.07. The maximum atomic E-state index is 11.7. The molecule has 1 heterocycles. The monoisotopic (exact) mass is 332 g/mol. The number of anilines is 1. The summed E-state index contributed by atoms with van der Waals surface area (Å²) in [5.74, 6) is 0. The van der Waals surface area contributed by atoms with Crippen LogP contribution in [-0.2, 0) is 4.74 Å². The minimum atomic E-state index is -0.480. The molecule has 0 aliphatic rings. The molecule has 1 aromatic heterocycles. The zero-order chi connectivity index (χ0) is 16.9. The Bertz CT molecular complexity index is 633. The molecule has 0 fully saturated rings. The maximum absolute atomic E-state index is 11.7. The van der Waals surface area contributed by atoms with E-state index in [1.54, 1.807) is 11.3 Å². The average molecular weight is 332 g/mol. The van der Waals surface area contributed by atoms with Gasteiger partial charge in [-0.15, -0.1) is 11.3 Å². The number of ether oxygens (including phenoxy) is 1. The Morgan fingerprint density at radius 3 is 2.61 bits per heavy atom. The Morgan fingerprint density at radius 1 is 1.22 bits per heavy atom. The van der Waals surface area contributed by atoms with E-state index >= 15 is 0 Å². The van der Waals surface area contributed by atoms with Crippen molar-refractivity contribution in [3.05, 3.63) is 41.8 Å². The first kappa shape index (κ1) is 17.3. The van der Waals surface area contributed by atoms with Crippen molar-refractivity contribution in [1.82, 2.24) is 5.32 Å². The van der Waals surface area contributed by atoms with E-state index in [0.29, 0.717) is 6.54 Å². The summed E-state index contributed by atoms with van der Waals surface area (Å²) in [6, 6.07) is 12.4. The van der Waals surface area contributed by atoms with E-state index in [-0.39, 0.29) is 6.04 Å². The highest BCUT2D eigenvalue weighted by Crippen LogP contribution is 2.31. The summed E-state index contributed by atoms with van der Waals surface area (Å²) >= 11 is 1.71. The van der Waals surface area contributed by atoms with Crippen molar-refractivity contribution in [3.8, 4) is 10.4 Å². The van der Waals surface area contributed by atoms with Gasteiger partial charge in [0.15, 0.2) is 0 Å². The summed E-state index contributed by atoms with van der Waals surface area (Å²) < 4.78 is 5.24. The summed E-state index contributed by atoms with van der Waals surface area (Å²) in [5.41, 5.74) is 1.76. The molecule has 2 aromatic rings. The Kier molecular flexibility index (Phi) is 5.66. The van der Waals surface area contributed by atoms with Gasteiger partial charge < -0.3 is 15.4 Å². The van der Waals surface area contributed by atoms with E-state index in [1.165, 1.54) is 10.4 Å². The molecular weight excluding hydrogens is 308 g/mol. The van der Waals surface area contributed by atoms with Gasteiger partial charge in [0, 0.05) is 28.7 Å². The number of carbonyl (C=O) groups is 1. The maximum Gasteiger partial charge on any atom is 0.407 e. The van der Waals surface area contributed by atoms with E-state index < -0.39 is 11.7 Å². The second-order valence-corrected chi connectivity index (χ2v) is 7.40. The van der Waals surface area contributed by atoms with Crippen molar-refractivity contribution in [1.29, 1.82) is 0 Å². The predicted molar refractivity (Wildman–Crippen MR) is 97.1 cm³/mol. The molecule has 0 aliphatic heterocycles. The fourth-order valence-electron chi connectivity index (χ4n) is 2.12. The summed E-state index contributed by atoms with van der Waals surface area (Å²) in [4.78, 5) is 12.9. The molecule has 1 aromatic carbocycles. The minimum absolute atomic E-state index is 0.0867. The van der Waals surface area contributed by atoms with E-state index in [9.17, 15) is 4.79 Å². The van der Waals surface area contributed by atoms with Gasteiger partial charge in [0.2, 0.25) is 0 Å². The lowest BCUT2D eigenvalue weighted by Crippen LogP contribution is -2.38. The lowest BCUT2D eigenvalue weighted by molar-refractivity contribution is 0.0526. The molecule has 0 radical (unpaired) electrons. The van der Waals surface area contributed by atoms with Gasteiger partial charge in [-0.3, -0.25) is 0 Å². The smallest absolute Gasteiger partial charge is 0.407 e. The molecule has 0 aliphatic carbocycles. The molecular formula is C18H24N2O2S. The summed E-state index contributed by atoms with van der Waals surface area (Å²) in [6.45, 7) is 8.08. The minimum Gasteiger partial charge on any atom is -0.444 e. The fraction of sp³-hybridized carbons (Fsp3) is 0.389. The SMILES string of the molecule is CC(CNC(=O)OC(C)(C)C)Nc1ccccc1-c1cccs1. The number of alkyl carbamates (subject to hydrolysis) is 1. The van der Waals surface area contributed by atoms with Gasteiger partial charge in [0.05, 0.1) is 0 Å². The highest BCUT2D eigenvalue weighted by molar-refractivity contribution is 7.13. The normalized spacial score (nSPS) is 12.5. The first-order valence-electron chi connectivity index (χ1n) is 7.71. The zero-order valence-corrected chi connectivity index (χ0v) is 14.9. The summed E-state index contributed by atoms with van der Waals surface area (Å²) in [5, 5.41) is 8.31. The van der Waals surface area contributed by atoms with Crippen molar-refractivity contribution in [2.24, 2.45) is 0 Å². The lowest BCUT2D eigenvalue weighted by atomic mass is 10.1. The number of amides is 1. The third-order valence-corrected chi connectivity index (χ3v) is 3.97. The van der Waals surface area contributed by atoms with E-state index in [4.69, 9.17) is 4.74 Å². The van der Waals surface area contributed by atoms with E-state index in [1.807, 2.05) is 45.9 Å². The molecule has 4 nitrogen and oxygen atoms in total. The number of rotatable bonds is 5. The number of thiophene rings is 1. The summed E-state index contributed by atoms with van der Waals surface area (Å²) in [7, 11) is 0. The highest BCUT2D eigenvalue weighted by Gasteiger charge is 2.16. The molecule has 2 N–H and O–H groups in total. The molecule has 0 bridgehead atoms. The van der Waals surface area contributed by atoms with Gasteiger partial charge in [0.25, 0.3) is 0 Å². The average Bonchev–Trinajstić information content (AvgIpc) is 2.98. The van der Waals surface area contributed by atoms with Crippen molar-refractivity contribution in [3.63, 3.8) is 0 Å². The third kappa shape index (κ3) is 5.60. The predicted octanol–water partition coefficient (Wildman–Crippen LogP) is 4.74. The van der Waals surface area contributed by atoms with Crippen LogP contribution in [0.15, 0.2) is 41.8 Å². The number of hydrogen-bond acceptors (Lipinski definition) is 4. The van der Waals surface area contributed by atoms with Crippen LogP contribution < -0.4 is 10.6 Å². The number of nitrogens with one attached hydrogen (secondary N) is 2. The van der Waals surface area contributed by atoms with Crippen molar-refractivity contribution in [2.75, 3.05) is 11.9 Å². The molecule has 1 amide bonds. The van der Waals surface area contributed by atoms with Crippen LogP contribution in [0.25, 0.3) is 10.4 Å².